The molecular formula is C9H17N3O. The molecule has 4 nitrogen and oxygen atoms in total. The Morgan fingerprint density at radius 2 is 2.23 bits per heavy atom. The lowest BCUT2D eigenvalue weighted by Crippen LogP contribution is -2.22. The van der Waals surface area contributed by atoms with Crippen LogP contribution in [0.3, 0.4) is 0 Å². The molecule has 13 heavy (non-hydrogen) atoms. The summed E-state index contributed by atoms with van der Waals surface area (Å²) < 4.78 is 7.38. The van der Waals surface area contributed by atoms with Crippen LogP contribution >= 0.6 is 0 Å². The van der Waals surface area contributed by atoms with E-state index in [-0.39, 0.29) is 5.60 Å². The number of hydrogen-bond donors (Lipinski definition) is 1. The maximum Gasteiger partial charge on any atom is 0.157 e. The Kier molecular flexibility index (Phi) is 2.93. The van der Waals surface area contributed by atoms with E-state index in [0.717, 1.165) is 12.3 Å². The lowest BCUT2D eigenvalue weighted by molar-refractivity contribution is 0.131. The van der Waals surface area contributed by atoms with Crippen LogP contribution in [0, 0.1) is 0 Å². The van der Waals surface area contributed by atoms with Crippen molar-refractivity contribution in [1.82, 2.24) is 9.78 Å². The van der Waals surface area contributed by atoms with Crippen molar-refractivity contribution in [3.63, 3.8) is 0 Å². The zero-order valence-corrected chi connectivity index (χ0v) is 8.45. The second-order valence-corrected chi connectivity index (χ2v) is 3.94. The minimum absolute atomic E-state index is 0.170. The van der Waals surface area contributed by atoms with E-state index in [1.54, 1.807) is 10.9 Å². The van der Waals surface area contributed by atoms with Crippen LogP contribution in [0.2, 0.25) is 0 Å². The first-order chi connectivity index (χ1) is 6.01. The van der Waals surface area contributed by atoms with Gasteiger partial charge in [0, 0.05) is 6.54 Å². The van der Waals surface area contributed by atoms with E-state index in [9.17, 15) is 0 Å². The molecule has 0 spiro atoms. The molecule has 0 saturated carbocycles. The molecule has 0 amide bonds. The average Bonchev–Trinajstić information content (AvgIpc) is 2.33. The molecule has 0 aliphatic carbocycles. The molecule has 1 heterocycles. The summed E-state index contributed by atoms with van der Waals surface area (Å²) in [5, 5.41) is 4.10. The molecule has 0 saturated heterocycles. The molecule has 4 heteroatoms. The van der Waals surface area contributed by atoms with Gasteiger partial charge in [0.1, 0.15) is 5.60 Å². The van der Waals surface area contributed by atoms with Gasteiger partial charge in [-0.25, -0.2) is 0 Å². The van der Waals surface area contributed by atoms with E-state index in [1.165, 1.54) is 0 Å². The summed E-state index contributed by atoms with van der Waals surface area (Å²) in [6, 6.07) is 0. The first kappa shape index (κ1) is 10.1. The van der Waals surface area contributed by atoms with Crippen LogP contribution in [-0.4, -0.2) is 21.9 Å². The zero-order valence-electron chi connectivity index (χ0n) is 8.45. The van der Waals surface area contributed by atoms with Crippen molar-refractivity contribution in [1.29, 1.82) is 0 Å². The van der Waals surface area contributed by atoms with Crippen molar-refractivity contribution in [3.05, 3.63) is 12.4 Å². The Labute approximate surface area is 78.7 Å². The first-order valence-corrected chi connectivity index (χ1v) is 4.43. The van der Waals surface area contributed by atoms with Crippen molar-refractivity contribution < 1.29 is 4.74 Å². The summed E-state index contributed by atoms with van der Waals surface area (Å²) in [4.78, 5) is 0. The Balaban J connectivity index is 2.59. The van der Waals surface area contributed by atoms with Crippen molar-refractivity contribution in [2.45, 2.75) is 32.9 Å². The molecule has 0 aromatic carbocycles. The smallest absolute Gasteiger partial charge is 0.157 e. The highest BCUT2D eigenvalue weighted by atomic mass is 16.5. The van der Waals surface area contributed by atoms with Gasteiger partial charge in [-0.1, -0.05) is 0 Å². The molecule has 0 fully saturated rings. The van der Waals surface area contributed by atoms with Gasteiger partial charge in [-0.15, -0.1) is 0 Å². The molecule has 2 N–H and O–H groups in total. The van der Waals surface area contributed by atoms with Crippen LogP contribution in [-0.2, 0) is 6.54 Å². The lowest BCUT2D eigenvalue weighted by Gasteiger charge is -2.19. The predicted octanol–water partition coefficient (Wildman–Crippen LogP) is 1.02. The maximum atomic E-state index is 5.60. The van der Waals surface area contributed by atoms with Crippen LogP contribution in [0.4, 0.5) is 0 Å². The number of hydrogen-bond acceptors (Lipinski definition) is 3. The van der Waals surface area contributed by atoms with Gasteiger partial charge >= 0.3 is 0 Å². The number of rotatable bonds is 3. The number of ether oxygens (including phenoxy) is 1. The third-order valence-corrected chi connectivity index (χ3v) is 1.39. The Hall–Kier alpha value is -1.03. The third kappa shape index (κ3) is 3.46. The summed E-state index contributed by atoms with van der Waals surface area (Å²) in [6.45, 7) is 7.35. The van der Waals surface area contributed by atoms with Crippen molar-refractivity contribution in [3.8, 4) is 5.75 Å². The van der Waals surface area contributed by atoms with Crippen LogP contribution in [0.25, 0.3) is 0 Å². The average molecular weight is 183 g/mol. The van der Waals surface area contributed by atoms with Gasteiger partial charge in [-0.2, -0.15) is 5.10 Å². The van der Waals surface area contributed by atoms with Gasteiger partial charge < -0.3 is 10.5 Å². The van der Waals surface area contributed by atoms with Gasteiger partial charge in [0.2, 0.25) is 0 Å². The van der Waals surface area contributed by atoms with Crippen LogP contribution in [0.5, 0.6) is 5.75 Å². The molecule has 1 aromatic rings. The van der Waals surface area contributed by atoms with E-state index < -0.39 is 0 Å². The molecule has 0 unspecified atom stereocenters. The summed E-state index contributed by atoms with van der Waals surface area (Å²) in [7, 11) is 0. The SMILES string of the molecule is CC(C)(C)Oc1cnn(CCN)c1. The monoisotopic (exact) mass is 183 g/mol. The highest BCUT2D eigenvalue weighted by molar-refractivity contribution is 5.12. The van der Waals surface area contributed by atoms with Crippen molar-refractivity contribution in [2.24, 2.45) is 5.73 Å². The van der Waals surface area contributed by atoms with Crippen molar-refractivity contribution in [2.75, 3.05) is 6.54 Å². The summed E-state index contributed by atoms with van der Waals surface area (Å²) in [6.07, 6.45) is 3.57. The van der Waals surface area contributed by atoms with Crippen LogP contribution in [0.1, 0.15) is 20.8 Å². The molecule has 0 bridgehead atoms. The van der Waals surface area contributed by atoms with Crippen LogP contribution < -0.4 is 10.5 Å². The van der Waals surface area contributed by atoms with E-state index in [4.69, 9.17) is 10.5 Å². The standard InChI is InChI=1S/C9H17N3O/c1-9(2,3)13-8-6-11-12(7-8)5-4-10/h6-7H,4-5,10H2,1-3H3. The van der Waals surface area contributed by atoms with Gasteiger partial charge in [0.05, 0.1) is 18.9 Å². The lowest BCUT2D eigenvalue weighted by atomic mass is 10.2. The van der Waals surface area contributed by atoms with E-state index >= 15 is 0 Å². The Bertz CT molecular complexity index is 262. The van der Waals surface area contributed by atoms with E-state index in [0.29, 0.717) is 6.54 Å². The molecule has 0 aliphatic heterocycles. The molecular weight excluding hydrogens is 166 g/mol. The largest absolute Gasteiger partial charge is 0.485 e. The number of nitrogens with zero attached hydrogens (tertiary/aromatic N) is 2. The predicted molar refractivity (Wildman–Crippen MR) is 51.7 cm³/mol. The fourth-order valence-electron chi connectivity index (χ4n) is 1.01. The molecule has 0 aliphatic rings. The number of nitrogens with two attached hydrogens (primary N) is 1. The summed E-state index contributed by atoms with van der Waals surface area (Å²) >= 11 is 0. The Morgan fingerprint density at radius 1 is 1.54 bits per heavy atom. The van der Waals surface area contributed by atoms with Gasteiger partial charge in [0.25, 0.3) is 0 Å². The minimum atomic E-state index is -0.170. The fraction of sp³-hybridized carbons (Fsp3) is 0.667. The molecule has 1 rings (SSSR count). The second kappa shape index (κ2) is 3.79. The Morgan fingerprint density at radius 3 is 2.77 bits per heavy atom. The summed E-state index contributed by atoms with van der Waals surface area (Å²) in [5.41, 5.74) is 5.23. The first-order valence-electron chi connectivity index (χ1n) is 4.43. The second-order valence-electron chi connectivity index (χ2n) is 3.94. The fourth-order valence-corrected chi connectivity index (χ4v) is 1.01. The third-order valence-electron chi connectivity index (χ3n) is 1.39. The van der Waals surface area contributed by atoms with Gasteiger partial charge in [-0.3, -0.25) is 4.68 Å². The highest BCUT2D eigenvalue weighted by Gasteiger charge is 2.12. The van der Waals surface area contributed by atoms with Crippen LogP contribution in [0.15, 0.2) is 12.4 Å². The molecule has 1 aromatic heterocycles. The zero-order chi connectivity index (χ0) is 9.90. The quantitative estimate of drug-likeness (QED) is 0.761. The topological polar surface area (TPSA) is 53.1 Å². The number of aromatic nitrogens is 2. The normalized spacial score (nSPS) is 11.7. The van der Waals surface area contributed by atoms with E-state index in [1.807, 2.05) is 27.0 Å². The summed E-state index contributed by atoms with van der Waals surface area (Å²) in [5.74, 6) is 0.793. The maximum absolute atomic E-state index is 5.60. The minimum Gasteiger partial charge on any atom is -0.485 e. The molecule has 0 radical (unpaired) electrons. The van der Waals surface area contributed by atoms with Crippen molar-refractivity contribution >= 4 is 0 Å². The van der Waals surface area contributed by atoms with Gasteiger partial charge in [-0.05, 0) is 20.8 Å². The van der Waals surface area contributed by atoms with Gasteiger partial charge in [0.15, 0.2) is 5.75 Å². The van der Waals surface area contributed by atoms with E-state index in [2.05, 4.69) is 5.10 Å². The molecule has 74 valence electrons. The molecule has 0 atom stereocenters. The highest BCUT2D eigenvalue weighted by Crippen LogP contribution is 2.16.